The van der Waals surface area contributed by atoms with Crippen molar-refractivity contribution in [1.29, 1.82) is 0 Å². The molecule has 0 bridgehead atoms. The molecule has 3 aromatic carbocycles. The van der Waals surface area contributed by atoms with Gasteiger partial charge in [-0.1, -0.05) is 54.6 Å². The smallest absolute Gasteiger partial charge is 0.251 e. The Labute approximate surface area is 209 Å². The number of carbonyl (C=O) groups excluding carboxylic acids is 2. The number of carbonyl (C=O) groups is 2. The van der Waals surface area contributed by atoms with Gasteiger partial charge in [0.1, 0.15) is 5.37 Å². The van der Waals surface area contributed by atoms with Gasteiger partial charge in [-0.2, -0.15) is 0 Å². The van der Waals surface area contributed by atoms with E-state index >= 15 is 0 Å². The van der Waals surface area contributed by atoms with Crippen LogP contribution in [0, 0.1) is 0 Å². The second kappa shape index (κ2) is 10.6. The van der Waals surface area contributed by atoms with E-state index in [1.165, 1.54) is 5.56 Å². The van der Waals surface area contributed by atoms with Crippen molar-refractivity contribution in [2.75, 3.05) is 12.3 Å². The lowest BCUT2D eigenvalue weighted by Crippen LogP contribution is -2.30. The largest absolute Gasteiger partial charge is 0.348 e. The molecule has 0 aliphatic carbocycles. The summed E-state index contributed by atoms with van der Waals surface area (Å²) in [4.78, 5) is 31.2. The van der Waals surface area contributed by atoms with Gasteiger partial charge in [0.25, 0.3) is 5.91 Å². The maximum absolute atomic E-state index is 12.7. The van der Waals surface area contributed by atoms with Gasteiger partial charge in [0.15, 0.2) is 0 Å². The molecule has 1 aliphatic rings. The first-order valence-electron chi connectivity index (χ1n) is 11.6. The molecule has 1 saturated heterocycles. The van der Waals surface area contributed by atoms with E-state index in [9.17, 15) is 9.59 Å². The molecular formula is C28H26N4O2S. The average Bonchev–Trinajstić information content (AvgIpc) is 3.57. The summed E-state index contributed by atoms with van der Waals surface area (Å²) < 4.78 is 1.93. The number of amides is 2. The van der Waals surface area contributed by atoms with E-state index < -0.39 is 0 Å². The standard InChI is InChI=1S/C28H26N4O2S/c33-26-19-35-28(32(26)16-14-21-4-2-1-3-5-21)24-10-8-23(9-11-24)27(34)30-18-22-6-12-25(13-7-22)31-17-15-29-20-31/h1-13,15,17,20,28H,14,16,18-19H2,(H,30,34)/t28-/m1/s1. The zero-order valence-electron chi connectivity index (χ0n) is 19.2. The fraction of sp³-hybridized carbons (Fsp3) is 0.179. The van der Waals surface area contributed by atoms with Crippen molar-refractivity contribution < 1.29 is 9.59 Å². The normalized spacial score (nSPS) is 15.4. The van der Waals surface area contributed by atoms with Crippen LogP contribution in [0.2, 0.25) is 0 Å². The molecule has 5 rings (SSSR count). The van der Waals surface area contributed by atoms with Gasteiger partial charge < -0.3 is 14.8 Å². The van der Waals surface area contributed by atoms with Gasteiger partial charge in [0, 0.05) is 36.7 Å². The molecule has 0 radical (unpaired) electrons. The summed E-state index contributed by atoms with van der Waals surface area (Å²) in [5.41, 5.74) is 4.91. The van der Waals surface area contributed by atoms with Gasteiger partial charge in [-0.25, -0.2) is 4.98 Å². The Morgan fingerprint density at radius 1 is 0.971 bits per heavy atom. The summed E-state index contributed by atoms with van der Waals surface area (Å²) in [6.45, 7) is 1.13. The summed E-state index contributed by atoms with van der Waals surface area (Å²) in [6.07, 6.45) is 6.21. The van der Waals surface area contributed by atoms with Crippen LogP contribution in [0.15, 0.2) is 97.6 Å². The van der Waals surface area contributed by atoms with E-state index in [-0.39, 0.29) is 17.2 Å². The lowest BCUT2D eigenvalue weighted by Gasteiger charge is -2.24. The maximum atomic E-state index is 12.7. The molecule has 2 heterocycles. The van der Waals surface area contributed by atoms with Gasteiger partial charge in [-0.15, -0.1) is 11.8 Å². The quantitative estimate of drug-likeness (QED) is 0.398. The van der Waals surface area contributed by atoms with Crippen LogP contribution in [0.1, 0.15) is 32.4 Å². The van der Waals surface area contributed by atoms with Crippen LogP contribution in [0.5, 0.6) is 0 Å². The lowest BCUT2D eigenvalue weighted by molar-refractivity contribution is -0.128. The highest BCUT2D eigenvalue weighted by Crippen LogP contribution is 2.38. The third-order valence-electron chi connectivity index (χ3n) is 6.10. The molecule has 4 aromatic rings. The number of imidazole rings is 1. The van der Waals surface area contributed by atoms with Crippen LogP contribution < -0.4 is 5.32 Å². The number of thioether (sulfide) groups is 1. The van der Waals surface area contributed by atoms with Crippen molar-refractivity contribution in [1.82, 2.24) is 19.8 Å². The summed E-state index contributed by atoms with van der Waals surface area (Å²) in [7, 11) is 0. The van der Waals surface area contributed by atoms with Gasteiger partial charge in [0.05, 0.1) is 12.1 Å². The molecule has 7 heteroatoms. The number of aromatic nitrogens is 2. The monoisotopic (exact) mass is 482 g/mol. The summed E-state index contributed by atoms with van der Waals surface area (Å²) >= 11 is 1.64. The Hall–Kier alpha value is -3.84. The second-order valence-corrected chi connectivity index (χ2v) is 9.50. The molecule has 6 nitrogen and oxygen atoms in total. The third-order valence-corrected chi connectivity index (χ3v) is 7.36. The summed E-state index contributed by atoms with van der Waals surface area (Å²) in [5.74, 6) is 0.532. The number of nitrogens with zero attached hydrogens (tertiary/aromatic N) is 3. The molecule has 0 spiro atoms. The van der Waals surface area contributed by atoms with Crippen molar-refractivity contribution in [2.45, 2.75) is 18.3 Å². The molecule has 35 heavy (non-hydrogen) atoms. The average molecular weight is 483 g/mol. The van der Waals surface area contributed by atoms with Crippen LogP contribution >= 0.6 is 11.8 Å². The van der Waals surface area contributed by atoms with Gasteiger partial charge in [-0.05, 0) is 47.4 Å². The van der Waals surface area contributed by atoms with E-state index in [1.807, 2.05) is 82.4 Å². The Morgan fingerprint density at radius 3 is 2.46 bits per heavy atom. The highest BCUT2D eigenvalue weighted by molar-refractivity contribution is 8.00. The molecule has 1 aromatic heterocycles. The molecule has 1 N–H and O–H groups in total. The van der Waals surface area contributed by atoms with E-state index in [1.54, 1.807) is 24.3 Å². The fourth-order valence-corrected chi connectivity index (χ4v) is 5.37. The molecule has 2 amide bonds. The highest BCUT2D eigenvalue weighted by atomic mass is 32.2. The van der Waals surface area contributed by atoms with E-state index in [0.717, 1.165) is 23.2 Å². The molecule has 0 unspecified atom stereocenters. The summed E-state index contributed by atoms with van der Waals surface area (Å²) in [5, 5.41) is 2.97. The maximum Gasteiger partial charge on any atom is 0.251 e. The van der Waals surface area contributed by atoms with Crippen LogP contribution in [0.4, 0.5) is 0 Å². The predicted octanol–water partition coefficient (Wildman–Crippen LogP) is 4.62. The molecule has 1 atom stereocenters. The predicted molar refractivity (Wildman–Crippen MR) is 138 cm³/mol. The minimum absolute atomic E-state index is 0.0164. The first-order chi connectivity index (χ1) is 17.2. The number of benzene rings is 3. The van der Waals surface area contributed by atoms with E-state index in [0.29, 0.717) is 24.4 Å². The van der Waals surface area contributed by atoms with Crippen LogP contribution in [-0.2, 0) is 17.8 Å². The van der Waals surface area contributed by atoms with Gasteiger partial charge >= 0.3 is 0 Å². The number of rotatable bonds is 8. The van der Waals surface area contributed by atoms with Crippen LogP contribution in [-0.4, -0.2) is 38.6 Å². The first kappa shape index (κ1) is 22.9. The lowest BCUT2D eigenvalue weighted by atomic mass is 10.1. The Morgan fingerprint density at radius 2 is 1.74 bits per heavy atom. The molecule has 0 saturated carbocycles. The molecule has 176 valence electrons. The van der Waals surface area contributed by atoms with E-state index in [4.69, 9.17) is 0 Å². The topological polar surface area (TPSA) is 67.2 Å². The van der Waals surface area contributed by atoms with Crippen LogP contribution in [0.25, 0.3) is 5.69 Å². The molecular weight excluding hydrogens is 456 g/mol. The zero-order chi connectivity index (χ0) is 24.0. The van der Waals surface area contributed by atoms with Crippen LogP contribution in [0.3, 0.4) is 0 Å². The molecule has 1 fully saturated rings. The minimum atomic E-state index is -0.119. The van der Waals surface area contributed by atoms with Gasteiger partial charge in [-0.3, -0.25) is 9.59 Å². The number of nitrogens with one attached hydrogen (secondary N) is 1. The van der Waals surface area contributed by atoms with Crippen molar-refractivity contribution in [3.63, 3.8) is 0 Å². The van der Waals surface area contributed by atoms with Crippen molar-refractivity contribution in [3.05, 3.63) is 120 Å². The van der Waals surface area contributed by atoms with Crippen molar-refractivity contribution >= 4 is 23.6 Å². The minimum Gasteiger partial charge on any atom is -0.348 e. The SMILES string of the molecule is O=C(NCc1ccc(-n2ccnc2)cc1)c1ccc([C@H]2SCC(=O)N2CCc2ccccc2)cc1. The highest BCUT2D eigenvalue weighted by Gasteiger charge is 2.32. The second-order valence-electron chi connectivity index (χ2n) is 8.43. The van der Waals surface area contributed by atoms with Crippen molar-refractivity contribution in [2.24, 2.45) is 0 Å². The number of hydrogen-bond acceptors (Lipinski definition) is 4. The van der Waals surface area contributed by atoms with E-state index in [2.05, 4.69) is 22.4 Å². The molecule has 1 aliphatic heterocycles. The van der Waals surface area contributed by atoms with Crippen molar-refractivity contribution in [3.8, 4) is 5.69 Å². The zero-order valence-corrected chi connectivity index (χ0v) is 20.0. The Kier molecular flexibility index (Phi) is 6.95. The fourth-order valence-electron chi connectivity index (χ4n) is 4.15. The number of hydrogen-bond donors (Lipinski definition) is 1. The Bertz CT molecular complexity index is 1270. The first-order valence-corrected chi connectivity index (χ1v) is 12.6. The summed E-state index contributed by atoms with van der Waals surface area (Å²) in [6, 6.07) is 25.8. The van der Waals surface area contributed by atoms with Gasteiger partial charge in [0.2, 0.25) is 5.91 Å². The Balaban J connectivity index is 1.18. The third kappa shape index (κ3) is 5.46.